The van der Waals surface area contributed by atoms with Crippen molar-refractivity contribution in [2.45, 2.75) is 24.2 Å². The van der Waals surface area contributed by atoms with Gasteiger partial charge in [-0.15, -0.1) is 0 Å². The number of nitrogens with one attached hydrogen (secondary N) is 1. The van der Waals surface area contributed by atoms with Crippen molar-refractivity contribution in [3.05, 3.63) is 24.0 Å². The van der Waals surface area contributed by atoms with Gasteiger partial charge in [-0.25, -0.2) is 13.1 Å². The largest absolute Gasteiger partial charge is 0.388 e. The molecule has 2 heterocycles. The van der Waals surface area contributed by atoms with Gasteiger partial charge in [0.15, 0.2) is 0 Å². The zero-order valence-corrected chi connectivity index (χ0v) is 13.4. The summed E-state index contributed by atoms with van der Waals surface area (Å²) >= 11 is 4.84. The topological polar surface area (TPSA) is 88.3 Å². The molecule has 0 aliphatic carbocycles. The highest BCUT2D eigenvalue weighted by molar-refractivity contribution is 7.89. The maximum absolute atomic E-state index is 12.3. The van der Waals surface area contributed by atoms with Crippen molar-refractivity contribution in [1.82, 2.24) is 14.6 Å². The van der Waals surface area contributed by atoms with E-state index >= 15 is 0 Å². The molecule has 116 valence electrons. The van der Waals surface area contributed by atoms with Gasteiger partial charge in [-0.1, -0.05) is 12.2 Å². The fourth-order valence-electron chi connectivity index (χ4n) is 2.39. The van der Waals surface area contributed by atoms with Gasteiger partial charge in [0.2, 0.25) is 10.0 Å². The van der Waals surface area contributed by atoms with Gasteiger partial charge in [-0.3, -0.25) is 4.98 Å². The van der Waals surface area contributed by atoms with E-state index < -0.39 is 10.0 Å². The maximum atomic E-state index is 12.3. The standard InChI is InChI=1S/C13H20N4O2S2/c14-13(20)12-11(5-3-6-15-12)21(18,19)16-7-4-10-17-8-1-2-9-17/h3,5-6,16H,1-2,4,7-10H2,(H2,14,20). The number of nitrogens with two attached hydrogens (primary N) is 1. The Labute approximate surface area is 130 Å². The van der Waals surface area contributed by atoms with Crippen LogP contribution in [0.3, 0.4) is 0 Å². The summed E-state index contributed by atoms with van der Waals surface area (Å²) in [6.45, 7) is 3.53. The molecule has 8 heteroatoms. The molecular weight excluding hydrogens is 308 g/mol. The number of rotatable bonds is 7. The Morgan fingerprint density at radius 1 is 1.43 bits per heavy atom. The van der Waals surface area contributed by atoms with Crippen LogP contribution in [-0.2, 0) is 10.0 Å². The van der Waals surface area contributed by atoms with Gasteiger partial charge >= 0.3 is 0 Å². The van der Waals surface area contributed by atoms with E-state index in [4.69, 9.17) is 18.0 Å². The Kier molecular flexibility index (Phi) is 5.63. The summed E-state index contributed by atoms with van der Waals surface area (Å²) in [7, 11) is -3.63. The number of thiocarbonyl (C=S) groups is 1. The van der Waals surface area contributed by atoms with Gasteiger partial charge in [0.25, 0.3) is 0 Å². The average Bonchev–Trinajstić information content (AvgIpc) is 2.97. The van der Waals surface area contributed by atoms with Gasteiger partial charge in [0.05, 0.1) is 0 Å². The number of pyridine rings is 1. The van der Waals surface area contributed by atoms with Gasteiger partial charge in [-0.2, -0.15) is 0 Å². The first-order valence-electron chi connectivity index (χ1n) is 6.97. The SMILES string of the molecule is NC(=S)c1ncccc1S(=O)(=O)NCCCN1CCCC1. The van der Waals surface area contributed by atoms with Crippen LogP contribution < -0.4 is 10.5 Å². The fourth-order valence-corrected chi connectivity index (χ4v) is 3.86. The first-order valence-corrected chi connectivity index (χ1v) is 8.87. The number of aromatic nitrogens is 1. The molecule has 1 saturated heterocycles. The highest BCUT2D eigenvalue weighted by Crippen LogP contribution is 2.13. The molecule has 0 atom stereocenters. The maximum Gasteiger partial charge on any atom is 0.242 e. The van der Waals surface area contributed by atoms with Crippen LogP contribution in [0.1, 0.15) is 25.0 Å². The lowest BCUT2D eigenvalue weighted by Gasteiger charge is -2.14. The van der Waals surface area contributed by atoms with Crippen LogP contribution in [0.25, 0.3) is 0 Å². The molecule has 1 aromatic rings. The zero-order valence-electron chi connectivity index (χ0n) is 11.8. The van der Waals surface area contributed by atoms with Crippen LogP contribution in [0.4, 0.5) is 0 Å². The van der Waals surface area contributed by atoms with Crippen molar-refractivity contribution in [2.24, 2.45) is 5.73 Å². The number of hydrogen-bond donors (Lipinski definition) is 2. The second-order valence-electron chi connectivity index (χ2n) is 5.01. The van der Waals surface area contributed by atoms with E-state index in [1.54, 1.807) is 6.07 Å². The third kappa shape index (κ3) is 4.44. The van der Waals surface area contributed by atoms with E-state index in [0.29, 0.717) is 6.54 Å². The number of likely N-dealkylation sites (tertiary alicyclic amines) is 1. The molecule has 2 rings (SSSR count). The molecule has 0 amide bonds. The third-order valence-corrected chi connectivity index (χ3v) is 5.12. The molecule has 0 radical (unpaired) electrons. The van der Waals surface area contributed by atoms with Crippen molar-refractivity contribution in [2.75, 3.05) is 26.2 Å². The van der Waals surface area contributed by atoms with Gasteiger partial charge in [-0.05, 0) is 51.0 Å². The Hall–Kier alpha value is -1.09. The summed E-state index contributed by atoms with van der Waals surface area (Å²) in [5.74, 6) is 0. The van der Waals surface area contributed by atoms with Crippen LogP contribution in [-0.4, -0.2) is 49.5 Å². The van der Waals surface area contributed by atoms with Crippen LogP contribution in [0.15, 0.2) is 23.2 Å². The van der Waals surface area contributed by atoms with Crippen molar-refractivity contribution >= 4 is 27.2 Å². The Morgan fingerprint density at radius 2 is 2.14 bits per heavy atom. The predicted octanol–water partition coefficient (Wildman–Crippen LogP) is 0.480. The lowest BCUT2D eigenvalue weighted by atomic mass is 10.3. The summed E-state index contributed by atoms with van der Waals surface area (Å²) in [5, 5.41) is 0. The second-order valence-corrected chi connectivity index (χ2v) is 7.19. The molecule has 1 aliphatic heterocycles. The minimum Gasteiger partial charge on any atom is -0.388 e. The highest BCUT2D eigenvalue weighted by Gasteiger charge is 2.20. The third-order valence-electron chi connectivity index (χ3n) is 3.44. The molecule has 0 saturated carbocycles. The molecule has 0 bridgehead atoms. The van der Waals surface area contributed by atoms with Gasteiger partial charge in [0, 0.05) is 12.7 Å². The van der Waals surface area contributed by atoms with E-state index in [1.165, 1.54) is 25.1 Å². The molecular formula is C13H20N4O2S2. The lowest BCUT2D eigenvalue weighted by Crippen LogP contribution is -2.30. The van der Waals surface area contributed by atoms with E-state index in [-0.39, 0.29) is 15.6 Å². The molecule has 3 N–H and O–H groups in total. The first-order chi connectivity index (χ1) is 10.0. The van der Waals surface area contributed by atoms with Crippen LogP contribution in [0.2, 0.25) is 0 Å². The van der Waals surface area contributed by atoms with Gasteiger partial charge in [0.1, 0.15) is 15.6 Å². The lowest BCUT2D eigenvalue weighted by molar-refractivity contribution is 0.334. The molecule has 21 heavy (non-hydrogen) atoms. The minimum atomic E-state index is -3.63. The zero-order chi connectivity index (χ0) is 15.3. The van der Waals surface area contributed by atoms with Crippen molar-refractivity contribution in [1.29, 1.82) is 0 Å². The Bertz CT molecular complexity index is 598. The molecule has 0 aromatic carbocycles. The highest BCUT2D eigenvalue weighted by atomic mass is 32.2. The van der Waals surface area contributed by atoms with Crippen molar-refractivity contribution in [3.8, 4) is 0 Å². The fraction of sp³-hybridized carbons (Fsp3) is 0.538. The monoisotopic (exact) mass is 328 g/mol. The summed E-state index contributed by atoms with van der Waals surface area (Å²) in [6.07, 6.45) is 4.72. The number of nitrogens with zero attached hydrogens (tertiary/aromatic N) is 2. The molecule has 0 spiro atoms. The van der Waals surface area contributed by atoms with E-state index in [1.807, 2.05) is 0 Å². The Balaban J connectivity index is 1.93. The smallest absolute Gasteiger partial charge is 0.242 e. The summed E-state index contributed by atoms with van der Waals surface area (Å²) < 4.78 is 27.1. The number of hydrogen-bond acceptors (Lipinski definition) is 5. The first kappa shape index (κ1) is 16.3. The van der Waals surface area contributed by atoms with Crippen molar-refractivity contribution in [3.63, 3.8) is 0 Å². The van der Waals surface area contributed by atoms with Crippen LogP contribution >= 0.6 is 12.2 Å². The molecule has 0 unspecified atom stereocenters. The molecule has 1 fully saturated rings. The molecule has 6 nitrogen and oxygen atoms in total. The predicted molar refractivity (Wildman–Crippen MR) is 85.6 cm³/mol. The summed E-state index contributed by atoms with van der Waals surface area (Å²) in [5.41, 5.74) is 5.66. The summed E-state index contributed by atoms with van der Waals surface area (Å²) in [6, 6.07) is 3.02. The normalized spacial score (nSPS) is 16.2. The molecule has 1 aliphatic rings. The van der Waals surface area contributed by atoms with Gasteiger partial charge < -0.3 is 10.6 Å². The summed E-state index contributed by atoms with van der Waals surface area (Å²) in [4.78, 5) is 6.31. The van der Waals surface area contributed by atoms with E-state index in [0.717, 1.165) is 26.1 Å². The molecule has 1 aromatic heterocycles. The van der Waals surface area contributed by atoms with Crippen LogP contribution in [0, 0.1) is 0 Å². The van der Waals surface area contributed by atoms with E-state index in [9.17, 15) is 8.42 Å². The van der Waals surface area contributed by atoms with E-state index in [2.05, 4.69) is 14.6 Å². The Morgan fingerprint density at radius 3 is 2.81 bits per heavy atom. The van der Waals surface area contributed by atoms with Crippen molar-refractivity contribution < 1.29 is 8.42 Å². The average molecular weight is 328 g/mol. The van der Waals surface area contributed by atoms with Crippen LogP contribution in [0.5, 0.6) is 0 Å². The second kappa shape index (κ2) is 7.26. The quantitative estimate of drug-likeness (QED) is 0.559. The number of sulfonamides is 1. The minimum absolute atomic E-state index is 0.0203.